The van der Waals surface area contributed by atoms with Gasteiger partial charge in [-0.15, -0.1) is 24.0 Å². The Bertz CT molecular complexity index is 562. The highest BCUT2D eigenvalue weighted by atomic mass is 127. The number of nitrogens with one attached hydrogen (secondary N) is 2. The minimum absolute atomic E-state index is 0. The molecule has 2 heterocycles. The molecule has 0 unspecified atom stereocenters. The quantitative estimate of drug-likeness (QED) is 0.192. The van der Waals surface area contributed by atoms with E-state index in [9.17, 15) is 4.79 Å². The van der Waals surface area contributed by atoms with Gasteiger partial charge in [-0.2, -0.15) is 0 Å². The second-order valence-corrected chi connectivity index (χ2v) is 6.37. The van der Waals surface area contributed by atoms with Crippen molar-refractivity contribution in [2.24, 2.45) is 10.9 Å². The lowest BCUT2D eigenvalue weighted by atomic mass is 9.97. The number of rotatable bonds is 8. The molecule has 0 atom stereocenters. The molecule has 2 N–H and O–H groups in total. The first-order valence-electron chi connectivity index (χ1n) is 9.50. The van der Waals surface area contributed by atoms with Gasteiger partial charge in [0.25, 0.3) is 0 Å². The molecular weight excluding hydrogens is 457 g/mol. The number of anilines is 1. The fourth-order valence-corrected chi connectivity index (χ4v) is 3.03. The number of carbonyl (C=O) groups excluding carboxylic acids is 1. The number of piperidine rings is 1. The number of nitrogens with zero attached hydrogens (tertiary/aromatic N) is 3. The van der Waals surface area contributed by atoms with Crippen LogP contribution in [0, 0.1) is 5.92 Å². The number of hydrogen-bond donors (Lipinski definition) is 2. The van der Waals surface area contributed by atoms with Crippen LogP contribution in [-0.4, -0.2) is 61.6 Å². The number of guanidine groups is 1. The van der Waals surface area contributed by atoms with Crippen molar-refractivity contribution in [3.05, 3.63) is 24.4 Å². The van der Waals surface area contributed by atoms with Crippen LogP contribution in [0.15, 0.2) is 29.4 Å². The summed E-state index contributed by atoms with van der Waals surface area (Å²) in [7, 11) is 1.46. The molecular formula is C19H32IN5O2. The van der Waals surface area contributed by atoms with Gasteiger partial charge in [-0.05, 0) is 44.7 Å². The highest BCUT2D eigenvalue weighted by molar-refractivity contribution is 14.0. The smallest absolute Gasteiger partial charge is 0.308 e. The number of likely N-dealkylation sites (tertiary alicyclic amines) is 1. The molecule has 0 aromatic carbocycles. The first-order valence-corrected chi connectivity index (χ1v) is 9.50. The molecule has 7 nitrogen and oxygen atoms in total. The van der Waals surface area contributed by atoms with Crippen LogP contribution in [0.1, 0.15) is 32.6 Å². The number of hydrogen-bond acceptors (Lipinski definition) is 5. The Hall–Kier alpha value is -1.58. The fraction of sp³-hybridized carbons (Fsp3) is 0.632. The minimum Gasteiger partial charge on any atom is -0.469 e. The van der Waals surface area contributed by atoms with Crippen molar-refractivity contribution in [2.45, 2.75) is 32.6 Å². The van der Waals surface area contributed by atoms with Gasteiger partial charge in [0.1, 0.15) is 5.82 Å². The Kier molecular flexibility index (Phi) is 11.8. The maximum atomic E-state index is 11.6. The van der Waals surface area contributed by atoms with E-state index in [1.165, 1.54) is 7.11 Å². The lowest BCUT2D eigenvalue weighted by Gasteiger charge is -2.33. The Balaban J connectivity index is 0.00000364. The highest BCUT2D eigenvalue weighted by Crippen LogP contribution is 2.18. The van der Waals surface area contributed by atoms with Crippen LogP contribution in [-0.2, 0) is 9.53 Å². The number of unbranched alkanes of at least 4 members (excludes halogenated alkanes) is 1. The van der Waals surface area contributed by atoms with Crippen LogP contribution < -0.4 is 10.6 Å². The second-order valence-electron chi connectivity index (χ2n) is 6.37. The molecule has 1 aliphatic rings. The Labute approximate surface area is 179 Å². The first-order chi connectivity index (χ1) is 12.7. The van der Waals surface area contributed by atoms with Crippen LogP contribution in [0.25, 0.3) is 0 Å². The molecule has 1 aromatic heterocycles. The van der Waals surface area contributed by atoms with Gasteiger partial charge in [-0.25, -0.2) is 4.98 Å². The first kappa shape index (κ1) is 23.5. The Morgan fingerprint density at radius 1 is 1.33 bits per heavy atom. The van der Waals surface area contributed by atoms with Gasteiger partial charge in [-0.3, -0.25) is 9.79 Å². The molecule has 0 spiro atoms. The number of ether oxygens (including phenoxy) is 1. The van der Waals surface area contributed by atoms with Crippen molar-refractivity contribution < 1.29 is 9.53 Å². The molecule has 2 rings (SSSR count). The van der Waals surface area contributed by atoms with Gasteiger partial charge >= 0.3 is 5.97 Å². The standard InChI is InChI=1S/C19H31N5O2.HI/c1-3-20-19(24-14-9-16(10-15-24)18(25)26-2)23-13-7-6-12-22-17-8-4-5-11-21-17;/h4-5,8,11,16H,3,6-7,9-10,12-15H2,1-2H3,(H,20,23)(H,21,22);1H. The van der Waals surface area contributed by atoms with Gasteiger partial charge < -0.3 is 20.3 Å². The van der Waals surface area contributed by atoms with Gasteiger partial charge in [0.2, 0.25) is 0 Å². The summed E-state index contributed by atoms with van der Waals surface area (Å²) in [5.41, 5.74) is 0. The number of pyridine rings is 1. The molecule has 27 heavy (non-hydrogen) atoms. The van der Waals surface area contributed by atoms with Crippen LogP contribution in [0.3, 0.4) is 0 Å². The van der Waals surface area contributed by atoms with E-state index in [0.29, 0.717) is 0 Å². The van der Waals surface area contributed by atoms with Gasteiger partial charge in [0, 0.05) is 38.9 Å². The van der Waals surface area contributed by atoms with Crippen molar-refractivity contribution >= 4 is 41.7 Å². The summed E-state index contributed by atoms with van der Waals surface area (Å²) in [6, 6.07) is 5.86. The normalized spacial score (nSPS) is 15.0. The van der Waals surface area contributed by atoms with Crippen LogP contribution in [0.5, 0.6) is 0 Å². The van der Waals surface area contributed by atoms with E-state index < -0.39 is 0 Å². The largest absolute Gasteiger partial charge is 0.469 e. The van der Waals surface area contributed by atoms with Crippen molar-refractivity contribution in [1.29, 1.82) is 0 Å². The van der Waals surface area contributed by atoms with Crippen LogP contribution in [0.4, 0.5) is 5.82 Å². The van der Waals surface area contributed by atoms with Gasteiger partial charge in [-0.1, -0.05) is 6.07 Å². The molecule has 1 aliphatic heterocycles. The molecule has 0 bridgehead atoms. The lowest BCUT2D eigenvalue weighted by Crippen LogP contribution is -2.46. The van der Waals surface area contributed by atoms with E-state index in [0.717, 1.165) is 70.2 Å². The van der Waals surface area contributed by atoms with E-state index in [-0.39, 0.29) is 35.9 Å². The number of aliphatic imine (C=N–C) groups is 1. The summed E-state index contributed by atoms with van der Waals surface area (Å²) in [6.07, 6.45) is 5.51. The summed E-state index contributed by atoms with van der Waals surface area (Å²) >= 11 is 0. The predicted octanol–water partition coefficient (Wildman–Crippen LogP) is 2.74. The zero-order valence-corrected chi connectivity index (χ0v) is 18.6. The number of esters is 1. The molecule has 1 fully saturated rings. The van der Waals surface area contributed by atoms with Crippen molar-refractivity contribution in [3.63, 3.8) is 0 Å². The summed E-state index contributed by atoms with van der Waals surface area (Å²) < 4.78 is 4.85. The maximum absolute atomic E-state index is 11.6. The van der Waals surface area contributed by atoms with Crippen LogP contribution >= 0.6 is 24.0 Å². The van der Waals surface area contributed by atoms with Gasteiger partial charge in [0.05, 0.1) is 13.0 Å². The fourth-order valence-electron chi connectivity index (χ4n) is 3.03. The maximum Gasteiger partial charge on any atom is 0.308 e. The predicted molar refractivity (Wildman–Crippen MR) is 120 cm³/mol. The highest BCUT2D eigenvalue weighted by Gasteiger charge is 2.26. The Morgan fingerprint density at radius 2 is 2.11 bits per heavy atom. The average Bonchev–Trinajstić information content (AvgIpc) is 2.70. The molecule has 8 heteroatoms. The molecule has 0 radical (unpaired) electrons. The number of aromatic nitrogens is 1. The van der Waals surface area contributed by atoms with Gasteiger partial charge in [0.15, 0.2) is 5.96 Å². The minimum atomic E-state index is -0.0907. The van der Waals surface area contributed by atoms with Crippen molar-refractivity contribution in [1.82, 2.24) is 15.2 Å². The number of methoxy groups -OCH3 is 1. The van der Waals surface area contributed by atoms with E-state index >= 15 is 0 Å². The third kappa shape index (κ3) is 8.32. The zero-order chi connectivity index (χ0) is 18.6. The lowest BCUT2D eigenvalue weighted by molar-refractivity contribution is -0.146. The summed E-state index contributed by atoms with van der Waals surface area (Å²) in [5, 5.41) is 6.67. The van der Waals surface area contributed by atoms with Crippen molar-refractivity contribution in [3.8, 4) is 0 Å². The molecule has 1 saturated heterocycles. The zero-order valence-electron chi connectivity index (χ0n) is 16.3. The molecule has 1 aromatic rings. The summed E-state index contributed by atoms with van der Waals surface area (Å²) in [6.45, 7) is 6.29. The molecule has 0 aliphatic carbocycles. The molecule has 0 saturated carbocycles. The van der Waals surface area contributed by atoms with E-state index in [1.807, 2.05) is 18.2 Å². The molecule has 152 valence electrons. The van der Waals surface area contributed by atoms with E-state index in [4.69, 9.17) is 9.73 Å². The van der Waals surface area contributed by atoms with E-state index in [1.54, 1.807) is 6.20 Å². The molecule has 0 amide bonds. The third-order valence-electron chi connectivity index (χ3n) is 4.48. The third-order valence-corrected chi connectivity index (χ3v) is 4.48. The number of carbonyl (C=O) groups is 1. The SMILES string of the molecule is CCNC(=NCCCCNc1ccccn1)N1CCC(C(=O)OC)CC1.I. The summed E-state index contributed by atoms with van der Waals surface area (Å²) in [4.78, 5) is 22.9. The number of halogens is 1. The Morgan fingerprint density at radius 3 is 2.74 bits per heavy atom. The topological polar surface area (TPSA) is 78.9 Å². The average molecular weight is 489 g/mol. The van der Waals surface area contributed by atoms with Crippen molar-refractivity contribution in [2.75, 3.05) is 45.2 Å². The monoisotopic (exact) mass is 489 g/mol. The second kappa shape index (κ2) is 13.6. The van der Waals surface area contributed by atoms with Crippen LogP contribution in [0.2, 0.25) is 0 Å². The van der Waals surface area contributed by atoms with E-state index in [2.05, 4.69) is 27.4 Å². The summed E-state index contributed by atoms with van der Waals surface area (Å²) in [5.74, 6) is 1.80.